The molecular formula is C18H30Cl2N2O3S. The number of ether oxygens (including phenoxy) is 1. The van der Waals surface area contributed by atoms with Crippen molar-refractivity contribution in [3.8, 4) is 5.75 Å². The molecule has 3 rings (SSSR count). The van der Waals surface area contributed by atoms with Crippen molar-refractivity contribution in [3.05, 3.63) is 24.3 Å². The van der Waals surface area contributed by atoms with Crippen molar-refractivity contribution >= 4 is 34.7 Å². The second kappa shape index (κ2) is 10.7. The van der Waals surface area contributed by atoms with Crippen molar-refractivity contribution in [1.82, 2.24) is 10.2 Å². The SMILES string of the molecule is CS(=O)(=O)c1ccc(OCC2CCC(N3CCNCC3)CC2)cc1.Cl.Cl. The Kier molecular flexibility index (Phi) is 9.69. The molecule has 1 aromatic carbocycles. The minimum atomic E-state index is -3.14. The van der Waals surface area contributed by atoms with E-state index in [2.05, 4.69) is 10.2 Å². The van der Waals surface area contributed by atoms with Crippen LogP contribution in [0.1, 0.15) is 25.7 Å². The highest BCUT2D eigenvalue weighted by Crippen LogP contribution is 2.28. The maximum Gasteiger partial charge on any atom is 0.175 e. The number of sulfone groups is 1. The Bertz CT molecular complexity index is 626. The molecule has 0 spiro atoms. The zero-order valence-electron chi connectivity index (χ0n) is 15.2. The average Bonchev–Trinajstić information content (AvgIpc) is 2.61. The Balaban J connectivity index is 0.00000169. The lowest BCUT2D eigenvalue weighted by molar-refractivity contribution is 0.106. The number of benzene rings is 1. The van der Waals surface area contributed by atoms with Gasteiger partial charge in [0.1, 0.15) is 5.75 Å². The maximum absolute atomic E-state index is 11.5. The molecule has 2 aliphatic rings. The second-order valence-electron chi connectivity index (χ2n) is 7.02. The standard InChI is InChI=1S/C18H28N2O3S.2ClH/c1-24(21,22)18-8-6-17(7-9-18)23-14-15-2-4-16(5-3-15)20-12-10-19-11-13-20;;/h6-9,15-16,19H,2-5,10-14H2,1H3;2*1H. The lowest BCUT2D eigenvalue weighted by Gasteiger charge is -2.39. The topological polar surface area (TPSA) is 58.6 Å². The summed E-state index contributed by atoms with van der Waals surface area (Å²) in [6, 6.07) is 7.49. The smallest absolute Gasteiger partial charge is 0.175 e. The van der Waals surface area contributed by atoms with Gasteiger partial charge in [-0.05, 0) is 55.9 Å². The fraction of sp³-hybridized carbons (Fsp3) is 0.667. The van der Waals surface area contributed by atoms with Gasteiger partial charge in [-0.1, -0.05) is 0 Å². The Labute approximate surface area is 169 Å². The van der Waals surface area contributed by atoms with Crippen LogP contribution in [0, 0.1) is 5.92 Å². The van der Waals surface area contributed by atoms with Gasteiger partial charge in [-0.15, -0.1) is 24.8 Å². The van der Waals surface area contributed by atoms with Gasteiger partial charge in [0, 0.05) is 38.5 Å². The van der Waals surface area contributed by atoms with Crippen LogP contribution in [-0.2, 0) is 9.84 Å². The number of hydrogen-bond donors (Lipinski definition) is 1. The highest BCUT2D eigenvalue weighted by Gasteiger charge is 2.26. The van der Waals surface area contributed by atoms with Gasteiger partial charge in [-0.3, -0.25) is 4.90 Å². The Hall–Kier alpha value is -0.530. The predicted octanol–water partition coefficient (Wildman–Crippen LogP) is 2.78. The van der Waals surface area contributed by atoms with Crippen molar-refractivity contribution in [2.75, 3.05) is 39.0 Å². The van der Waals surface area contributed by atoms with E-state index >= 15 is 0 Å². The van der Waals surface area contributed by atoms with Crippen LogP contribution in [0.4, 0.5) is 0 Å². The summed E-state index contributed by atoms with van der Waals surface area (Å²) in [5.74, 6) is 1.37. The Morgan fingerprint density at radius 1 is 1.04 bits per heavy atom. The lowest BCUT2D eigenvalue weighted by Crippen LogP contribution is -2.49. The molecule has 0 aromatic heterocycles. The number of halogens is 2. The van der Waals surface area contributed by atoms with Gasteiger partial charge in [0.2, 0.25) is 0 Å². The molecule has 1 N–H and O–H groups in total. The summed E-state index contributed by atoms with van der Waals surface area (Å²) in [6.07, 6.45) is 6.19. The quantitative estimate of drug-likeness (QED) is 0.786. The molecule has 1 aliphatic carbocycles. The molecule has 8 heteroatoms. The van der Waals surface area contributed by atoms with Crippen LogP contribution >= 0.6 is 24.8 Å². The molecule has 0 radical (unpaired) electrons. The van der Waals surface area contributed by atoms with Gasteiger partial charge in [0.25, 0.3) is 0 Å². The summed E-state index contributed by atoms with van der Waals surface area (Å²) in [5.41, 5.74) is 0. The first-order valence-corrected chi connectivity index (χ1v) is 10.8. The maximum atomic E-state index is 11.5. The summed E-state index contributed by atoms with van der Waals surface area (Å²) in [5, 5.41) is 3.41. The summed E-state index contributed by atoms with van der Waals surface area (Å²) < 4.78 is 28.8. The minimum Gasteiger partial charge on any atom is -0.493 e. The molecule has 2 fully saturated rings. The van der Waals surface area contributed by atoms with Crippen LogP contribution in [0.15, 0.2) is 29.2 Å². The third-order valence-corrected chi connectivity index (χ3v) is 6.35. The van der Waals surface area contributed by atoms with E-state index in [4.69, 9.17) is 4.74 Å². The van der Waals surface area contributed by atoms with Crippen molar-refractivity contribution in [1.29, 1.82) is 0 Å². The van der Waals surface area contributed by atoms with E-state index in [0.29, 0.717) is 10.8 Å². The van der Waals surface area contributed by atoms with Crippen molar-refractivity contribution in [2.24, 2.45) is 5.92 Å². The monoisotopic (exact) mass is 424 g/mol. The molecule has 0 bridgehead atoms. The van der Waals surface area contributed by atoms with Gasteiger partial charge in [-0.2, -0.15) is 0 Å². The fourth-order valence-electron chi connectivity index (χ4n) is 3.72. The number of nitrogens with zero attached hydrogens (tertiary/aromatic N) is 1. The fourth-order valence-corrected chi connectivity index (χ4v) is 4.35. The van der Waals surface area contributed by atoms with E-state index in [0.717, 1.165) is 31.5 Å². The summed E-state index contributed by atoms with van der Waals surface area (Å²) >= 11 is 0. The molecule has 0 unspecified atom stereocenters. The van der Waals surface area contributed by atoms with E-state index in [9.17, 15) is 8.42 Å². The van der Waals surface area contributed by atoms with Crippen molar-refractivity contribution < 1.29 is 13.2 Å². The van der Waals surface area contributed by atoms with E-state index in [-0.39, 0.29) is 24.8 Å². The number of nitrogens with one attached hydrogen (secondary N) is 1. The van der Waals surface area contributed by atoms with E-state index in [1.54, 1.807) is 24.3 Å². The second-order valence-corrected chi connectivity index (χ2v) is 9.03. The molecule has 0 atom stereocenters. The van der Waals surface area contributed by atoms with Crippen LogP contribution in [0.25, 0.3) is 0 Å². The lowest BCUT2D eigenvalue weighted by atomic mass is 9.85. The van der Waals surface area contributed by atoms with Crippen LogP contribution in [0.3, 0.4) is 0 Å². The van der Waals surface area contributed by atoms with Gasteiger partial charge < -0.3 is 10.1 Å². The molecule has 150 valence electrons. The predicted molar refractivity (Wildman–Crippen MR) is 110 cm³/mol. The van der Waals surface area contributed by atoms with Crippen molar-refractivity contribution in [2.45, 2.75) is 36.6 Å². The molecule has 1 aromatic rings. The number of hydrogen-bond acceptors (Lipinski definition) is 5. The molecule has 1 saturated carbocycles. The third-order valence-electron chi connectivity index (χ3n) is 5.22. The van der Waals surface area contributed by atoms with E-state index < -0.39 is 9.84 Å². The van der Waals surface area contributed by atoms with Gasteiger partial charge in [-0.25, -0.2) is 8.42 Å². The molecule has 1 heterocycles. The minimum absolute atomic E-state index is 0. The average molecular weight is 425 g/mol. The van der Waals surface area contributed by atoms with Gasteiger partial charge in [0.15, 0.2) is 9.84 Å². The van der Waals surface area contributed by atoms with Gasteiger partial charge in [0.05, 0.1) is 11.5 Å². The highest BCUT2D eigenvalue weighted by atomic mass is 35.5. The summed E-state index contributed by atoms with van der Waals surface area (Å²) in [7, 11) is -3.14. The van der Waals surface area contributed by atoms with Crippen LogP contribution in [0.5, 0.6) is 5.75 Å². The normalized spacial score (nSPS) is 24.2. The first-order chi connectivity index (χ1) is 11.5. The Morgan fingerprint density at radius 3 is 2.15 bits per heavy atom. The van der Waals surface area contributed by atoms with E-state index in [1.165, 1.54) is 45.0 Å². The van der Waals surface area contributed by atoms with Gasteiger partial charge >= 0.3 is 0 Å². The molecular weight excluding hydrogens is 395 g/mol. The molecule has 1 aliphatic heterocycles. The van der Waals surface area contributed by atoms with Crippen LogP contribution in [-0.4, -0.2) is 58.4 Å². The number of piperazine rings is 1. The Morgan fingerprint density at radius 2 is 1.62 bits per heavy atom. The first kappa shape index (κ1) is 23.5. The third kappa shape index (κ3) is 6.57. The summed E-state index contributed by atoms with van der Waals surface area (Å²) in [6.45, 7) is 5.32. The number of rotatable bonds is 5. The zero-order chi connectivity index (χ0) is 17.0. The van der Waals surface area contributed by atoms with E-state index in [1.807, 2.05) is 0 Å². The first-order valence-electron chi connectivity index (χ1n) is 8.90. The molecule has 0 amide bonds. The molecule has 5 nitrogen and oxygen atoms in total. The molecule has 1 saturated heterocycles. The van der Waals surface area contributed by atoms with Crippen LogP contribution in [0.2, 0.25) is 0 Å². The van der Waals surface area contributed by atoms with Crippen LogP contribution < -0.4 is 10.1 Å². The highest BCUT2D eigenvalue weighted by molar-refractivity contribution is 7.90. The van der Waals surface area contributed by atoms with Crippen molar-refractivity contribution in [3.63, 3.8) is 0 Å². The summed E-state index contributed by atoms with van der Waals surface area (Å²) in [4.78, 5) is 2.98. The largest absolute Gasteiger partial charge is 0.493 e. The zero-order valence-corrected chi connectivity index (χ0v) is 17.7. The molecule has 26 heavy (non-hydrogen) atoms.